The first-order valence-corrected chi connectivity index (χ1v) is 7.20. The van der Waals surface area contributed by atoms with Gasteiger partial charge in [-0.15, -0.1) is 0 Å². The van der Waals surface area contributed by atoms with E-state index in [1.54, 1.807) is 0 Å². The Hall–Kier alpha value is -1.36. The van der Waals surface area contributed by atoms with Crippen LogP contribution >= 0.6 is 0 Å². The maximum Gasteiger partial charge on any atom is 0.227 e. The van der Waals surface area contributed by atoms with Crippen LogP contribution in [0.3, 0.4) is 0 Å². The zero-order chi connectivity index (χ0) is 13.2. The van der Waals surface area contributed by atoms with E-state index in [4.69, 9.17) is 9.72 Å². The molecular formula is C14H22N4O. The number of hydrogen-bond donors (Lipinski definition) is 1. The van der Waals surface area contributed by atoms with Gasteiger partial charge in [0.2, 0.25) is 5.95 Å². The predicted molar refractivity (Wildman–Crippen MR) is 75.8 cm³/mol. The molecule has 0 atom stereocenters. The molecule has 104 valence electrons. The molecule has 5 nitrogen and oxygen atoms in total. The van der Waals surface area contributed by atoms with Crippen molar-refractivity contribution in [2.75, 3.05) is 36.5 Å². The van der Waals surface area contributed by atoms with Crippen molar-refractivity contribution in [3.63, 3.8) is 0 Å². The number of nitrogens with zero attached hydrogens (tertiary/aromatic N) is 3. The van der Waals surface area contributed by atoms with Gasteiger partial charge in [0.25, 0.3) is 0 Å². The van der Waals surface area contributed by atoms with Gasteiger partial charge in [-0.3, -0.25) is 0 Å². The standard InChI is InChI=1S/C14H22N4O/c1-10(2)12-7-13(15-11-8-19-9-11)17-14(16-12)18-5-3-4-6-18/h7,10-11H,3-6,8-9H2,1-2H3,(H,15,16,17). The fourth-order valence-corrected chi connectivity index (χ4v) is 2.41. The first-order valence-electron chi connectivity index (χ1n) is 7.20. The minimum atomic E-state index is 0.404. The van der Waals surface area contributed by atoms with Gasteiger partial charge in [0.15, 0.2) is 0 Å². The van der Waals surface area contributed by atoms with Crippen LogP contribution in [-0.2, 0) is 4.74 Å². The summed E-state index contributed by atoms with van der Waals surface area (Å²) in [7, 11) is 0. The van der Waals surface area contributed by atoms with Crippen molar-refractivity contribution in [1.82, 2.24) is 9.97 Å². The van der Waals surface area contributed by atoms with Gasteiger partial charge in [0, 0.05) is 19.2 Å². The Balaban J connectivity index is 1.84. The molecule has 5 heteroatoms. The zero-order valence-electron chi connectivity index (χ0n) is 11.7. The third-order valence-corrected chi connectivity index (χ3v) is 3.70. The molecule has 0 spiro atoms. The summed E-state index contributed by atoms with van der Waals surface area (Å²) >= 11 is 0. The Morgan fingerprint density at radius 3 is 2.58 bits per heavy atom. The highest BCUT2D eigenvalue weighted by Crippen LogP contribution is 2.23. The number of nitrogens with one attached hydrogen (secondary N) is 1. The van der Waals surface area contributed by atoms with E-state index in [1.165, 1.54) is 12.8 Å². The molecule has 2 fully saturated rings. The fraction of sp³-hybridized carbons (Fsp3) is 0.714. The maximum atomic E-state index is 5.20. The van der Waals surface area contributed by atoms with Crippen LogP contribution in [-0.4, -0.2) is 42.3 Å². The second-order valence-corrected chi connectivity index (χ2v) is 5.71. The molecule has 2 saturated heterocycles. The van der Waals surface area contributed by atoms with Gasteiger partial charge in [-0.05, 0) is 18.8 Å². The van der Waals surface area contributed by atoms with E-state index in [0.717, 1.165) is 43.8 Å². The lowest BCUT2D eigenvalue weighted by Crippen LogP contribution is -2.40. The summed E-state index contributed by atoms with van der Waals surface area (Å²) in [5.74, 6) is 2.24. The minimum absolute atomic E-state index is 0.404. The van der Waals surface area contributed by atoms with Crippen molar-refractivity contribution < 1.29 is 4.74 Å². The van der Waals surface area contributed by atoms with Crippen molar-refractivity contribution in [3.8, 4) is 0 Å². The highest BCUT2D eigenvalue weighted by molar-refractivity contribution is 5.45. The summed E-state index contributed by atoms with van der Waals surface area (Å²) in [6.07, 6.45) is 2.49. The average Bonchev–Trinajstić information content (AvgIpc) is 2.87. The number of aromatic nitrogens is 2. The molecule has 0 saturated carbocycles. The first kappa shape index (κ1) is 12.7. The van der Waals surface area contributed by atoms with Crippen molar-refractivity contribution in [2.24, 2.45) is 0 Å². The van der Waals surface area contributed by atoms with Gasteiger partial charge < -0.3 is 15.0 Å². The topological polar surface area (TPSA) is 50.3 Å². The number of ether oxygens (including phenoxy) is 1. The van der Waals surface area contributed by atoms with Crippen molar-refractivity contribution in [2.45, 2.75) is 38.6 Å². The Labute approximate surface area is 114 Å². The summed E-state index contributed by atoms with van der Waals surface area (Å²) in [4.78, 5) is 11.7. The number of rotatable bonds is 4. The largest absolute Gasteiger partial charge is 0.377 e. The molecule has 1 aromatic heterocycles. The van der Waals surface area contributed by atoms with Gasteiger partial charge in [0.1, 0.15) is 5.82 Å². The van der Waals surface area contributed by atoms with Crippen LogP contribution < -0.4 is 10.2 Å². The SMILES string of the molecule is CC(C)c1cc(NC2COC2)nc(N2CCCC2)n1. The van der Waals surface area contributed by atoms with Crippen molar-refractivity contribution in [1.29, 1.82) is 0 Å². The van der Waals surface area contributed by atoms with E-state index in [-0.39, 0.29) is 0 Å². The van der Waals surface area contributed by atoms with Crippen molar-refractivity contribution in [3.05, 3.63) is 11.8 Å². The summed E-state index contributed by atoms with van der Waals surface area (Å²) < 4.78 is 5.20. The molecule has 0 bridgehead atoms. The lowest BCUT2D eigenvalue weighted by atomic mass is 10.1. The molecule has 0 amide bonds. The van der Waals surface area contributed by atoms with E-state index < -0.39 is 0 Å². The molecule has 19 heavy (non-hydrogen) atoms. The Kier molecular flexibility index (Phi) is 3.55. The highest BCUT2D eigenvalue weighted by atomic mass is 16.5. The van der Waals surface area contributed by atoms with Crippen LogP contribution in [0.4, 0.5) is 11.8 Å². The Morgan fingerprint density at radius 2 is 2.00 bits per heavy atom. The van der Waals surface area contributed by atoms with Crippen LogP contribution in [0.2, 0.25) is 0 Å². The van der Waals surface area contributed by atoms with E-state index >= 15 is 0 Å². The number of anilines is 2. The van der Waals surface area contributed by atoms with Gasteiger partial charge in [-0.25, -0.2) is 4.98 Å². The highest BCUT2D eigenvalue weighted by Gasteiger charge is 2.21. The molecule has 0 aliphatic carbocycles. The molecule has 0 radical (unpaired) electrons. The summed E-state index contributed by atoms with van der Waals surface area (Å²) in [5, 5.41) is 3.43. The molecule has 3 heterocycles. The van der Waals surface area contributed by atoms with Gasteiger partial charge in [0.05, 0.1) is 24.9 Å². The number of hydrogen-bond acceptors (Lipinski definition) is 5. The smallest absolute Gasteiger partial charge is 0.227 e. The third-order valence-electron chi connectivity index (χ3n) is 3.70. The molecule has 1 aromatic rings. The van der Waals surface area contributed by atoms with Crippen LogP contribution in [0.5, 0.6) is 0 Å². The van der Waals surface area contributed by atoms with Crippen LogP contribution in [0.1, 0.15) is 38.3 Å². The first-order chi connectivity index (χ1) is 9.22. The molecule has 3 rings (SSSR count). The molecule has 1 N–H and O–H groups in total. The third kappa shape index (κ3) is 2.81. The Morgan fingerprint density at radius 1 is 1.26 bits per heavy atom. The van der Waals surface area contributed by atoms with Gasteiger partial charge in [-0.2, -0.15) is 4.98 Å². The molecule has 2 aliphatic rings. The molecule has 2 aliphatic heterocycles. The Bertz CT molecular complexity index is 439. The fourth-order valence-electron chi connectivity index (χ4n) is 2.41. The summed E-state index contributed by atoms with van der Waals surface area (Å²) in [6.45, 7) is 8.06. The van der Waals surface area contributed by atoms with E-state index in [9.17, 15) is 0 Å². The normalized spacial score (nSPS) is 19.8. The second kappa shape index (κ2) is 5.33. The van der Waals surface area contributed by atoms with E-state index in [1.807, 2.05) is 0 Å². The maximum absolute atomic E-state index is 5.20. The van der Waals surface area contributed by atoms with Crippen LogP contribution in [0, 0.1) is 0 Å². The molecular weight excluding hydrogens is 240 g/mol. The van der Waals surface area contributed by atoms with E-state index in [2.05, 4.69) is 35.1 Å². The predicted octanol–water partition coefficient (Wildman–Crippen LogP) is 2.01. The summed E-state index contributed by atoms with van der Waals surface area (Å²) in [6, 6.07) is 2.48. The van der Waals surface area contributed by atoms with Gasteiger partial charge >= 0.3 is 0 Å². The molecule has 0 unspecified atom stereocenters. The second-order valence-electron chi connectivity index (χ2n) is 5.71. The minimum Gasteiger partial charge on any atom is -0.377 e. The van der Waals surface area contributed by atoms with Crippen LogP contribution in [0.15, 0.2) is 6.07 Å². The lowest BCUT2D eigenvalue weighted by Gasteiger charge is -2.28. The van der Waals surface area contributed by atoms with Gasteiger partial charge in [-0.1, -0.05) is 13.8 Å². The quantitative estimate of drug-likeness (QED) is 0.899. The summed E-state index contributed by atoms with van der Waals surface area (Å²) in [5.41, 5.74) is 1.11. The lowest BCUT2D eigenvalue weighted by molar-refractivity contribution is 0.0209. The van der Waals surface area contributed by atoms with Crippen molar-refractivity contribution >= 4 is 11.8 Å². The van der Waals surface area contributed by atoms with Crippen LogP contribution in [0.25, 0.3) is 0 Å². The zero-order valence-corrected chi connectivity index (χ0v) is 11.7. The monoisotopic (exact) mass is 262 g/mol. The van der Waals surface area contributed by atoms with E-state index in [0.29, 0.717) is 12.0 Å². The average molecular weight is 262 g/mol. The molecule has 0 aromatic carbocycles.